The number of unbranched alkanes of at least 4 members (excludes halogenated alkanes) is 12. The molecule has 0 aromatic carbocycles. The van der Waals surface area contributed by atoms with E-state index in [2.05, 4.69) is 31.2 Å². The van der Waals surface area contributed by atoms with Crippen LogP contribution in [0.4, 0.5) is 0 Å². The highest BCUT2D eigenvalue weighted by Gasteiger charge is 2.48. The van der Waals surface area contributed by atoms with Crippen LogP contribution in [-0.4, -0.2) is 52.4 Å². The minimum atomic E-state index is -4.56. The van der Waals surface area contributed by atoms with E-state index in [1.165, 1.54) is 64.2 Å². The Balaban J connectivity index is 3.72. The predicted octanol–water partition coefficient (Wildman–Crippen LogP) is 6.93. The third-order valence-electron chi connectivity index (χ3n) is 5.78. The molecule has 0 spiro atoms. The fourth-order valence-electron chi connectivity index (χ4n) is 3.98. The van der Waals surface area contributed by atoms with E-state index in [1.807, 2.05) is 21.1 Å². The van der Waals surface area contributed by atoms with Gasteiger partial charge in [0.05, 0.1) is 21.1 Å². The summed E-state index contributed by atoms with van der Waals surface area (Å²) in [4.78, 5) is 19.2. The Morgan fingerprint density at radius 2 is 1.09 bits per heavy atom. The molecule has 0 rings (SSSR count). The summed E-state index contributed by atoms with van der Waals surface area (Å²) in [5, 5.41) is 8.59. The van der Waals surface area contributed by atoms with Crippen molar-refractivity contribution in [2.24, 2.45) is 0 Å². The normalized spacial score (nSPS) is 15.1. The molecule has 0 aliphatic heterocycles. The highest BCUT2D eigenvalue weighted by atomic mass is 31.2. The van der Waals surface area contributed by atoms with Crippen LogP contribution in [-0.2, 0) is 4.57 Å². The third-order valence-corrected chi connectivity index (χ3v) is 7.22. The highest BCUT2D eigenvalue weighted by Crippen LogP contribution is 2.52. The lowest BCUT2D eigenvalue weighted by atomic mass is 10.1. The average Bonchev–Trinajstić information content (AvgIpc) is 2.67. The first kappa shape index (κ1) is 31.6. The topological polar surface area (TPSA) is 77.8 Å². The molecule has 1 atom stereocenters. The summed E-state index contributed by atoms with van der Waals surface area (Å²) in [7, 11) is 0.919. The minimum absolute atomic E-state index is 0.0402. The van der Waals surface area contributed by atoms with Gasteiger partial charge in [-0.15, -0.1) is 0 Å². The number of allylic oxidation sites excluding steroid dienone is 4. The van der Waals surface area contributed by atoms with E-state index >= 15 is 0 Å². The second kappa shape index (κ2) is 18.0. The smallest absolute Gasteiger partial charge is 0.362 e. The Morgan fingerprint density at radius 1 is 0.688 bits per heavy atom. The van der Waals surface area contributed by atoms with Crippen molar-refractivity contribution in [3.8, 4) is 0 Å². The lowest BCUT2D eigenvalue weighted by molar-refractivity contribution is -0.875. The largest absolute Gasteiger partial charge is 0.373 e. The Kier molecular flexibility index (Phi) is 17.7. The summed E-state index contributed by atoms with van der Waals surface area (Å²) in [6, 6.07) is 0. The van der Waals surface area contributed by atoms with Crippen LogP contribution in [0.15, 0.2) is 24.3 Å². The fraction of sp³-hybridized carbons (Fsp3) is 0.846. The van der Waals surface area contributed by atoms with E-state index in [4.69, 9.17) is 0 Å². The second-order valence-electron chi connectivity index (χ2n) is 10.4. The molecule has 0 saturated heterocycles. The van der Waals surface area contributed by atoms with Crippen LogP contribution in [0.5, 0.6) is 0 Å². The van der Waals surface area contributed by atoms with Crippen molar-refractivity contribution in [3.05, 3.63) is 24.3 Å². The van der Waals surface area contributed by atoms with E-state index in [0.29, 0.717) is 10.9 Å². The molecule has 0 heterocycles. The molecule has 0 amide bonds. The third kappa shape index (κ3) is 18.0. The molecular formula is C26H53NO4P+. The van der Waals surface area contributed by atoms with E-state index in [1.54, 1.807) is 0 Å². The zero-order valence-corrected chi connectivity index (χ0v) is 22.4. The van der Waals surface area contributed by atoms with Crippen LogP contribution >= 0.6 is 7.60 Å². The van der Waals surface area contributed by atoms with Crippen molar-refractivity contribution in [3.63, 3.8) is 0 Å². The molecule has 32 heavy (non-hydrogen) atoms. The van der Waals surface area contributed by atoms with Crippen LogP contribution in [0.3, 0.4) is 0 Å². The molecular weight excluding hydrogens is 421 g/mol. The van der Waals surface area contributed by atoms with Gasteiger partial charge in [-0.25, -0.2) is 0 Å². The van der Waals surface area contributed by atoms with Crippen LogP contribution in [0.2, 0.25) is 0 Å². The highest BCUT2D eigenvalue weighted by molar-refractivity contribution is 7.53. The Labute approximate surface area is 198 Å². The fourth-order valence-corrected chi connectivity index (χ4v) is 5.04. The molecule has 0 fully saturated rings. The quantitative estimate of drug-likeness (QED) is 0.0729. The summed E-state index contributed by atoms with van der Waals surface area (Å²) < 4.78 is 12.1. The standard InChI is InChI=1S/C26H52NO4P/c1-5-6-7-8-9-10-11-12-13-14-15-16-17-18-19-20-21-22-23-24-26(28,32(29,30)31)25-27(2,3)4/h15-16,19-20,28H,5-14,17-18,21-25H2,1-4H3,(H-,29,30,31)/p+1/b16-15-,20-19-. The summed E-state index contributed by atoms with van der Waals surface area (Å²) in [5.41, 5.74) is 0. The zero-order valence-electron chi connectivity index (χ0n) is 21.5. The van der Waals surface area contributed by atoms with Gasteiger partial charge in [0.25, 0.3) is 0 Å². The van der Waals surface area contributed by atoms with Crippen molar-refractivity contribution in [2.75, 3.05) is 27.7 Å². The average molecular weight is 475 g/mol. The summed E-state index contributed by atoms with van der Waals surface area (Å²) in [6.07, 6.45) is 27.0. The molecule has 0 radical (unpaired) electrons. The van der Waals surface area contributed by atoms with Gasteiger partial charge in [0.1, 0.15) is 6.54 Å². The van der Waals surface area contributed by atoms with E-state index in [9.17, 15) is 19.5 Å². The Morgan fingerprint density at radius 3 is 1.53 bits per heavy atom. The van der Waals surface area contributed by atoms with E-state index in [0.717, 1.165) is 25.7 Å². The maximum Gasteiger partial charge on any atom is 0.362 e. The van der Waals surface area contributed by atoms with Crippen molar-refractivity contribution >= 4 is 7.60 Å². The first-order valence-electron chi connectivity index (χ1n) is 12.9. The number of likely N-dealkylation sites (N-methyl/N-ethyl adjacent to an activating group) is 1. The van der Waals surface area contributed by atoms with Crippen LogP contribution in [0.25, 0.3) is 0 Å². The Bertz CT molecular complexity index is 551. The zero-order chi connectivity index (χ0) is 24.3. The van der Waals surface area contributed by atoms with E-state index in [-0.39, 0.29) is 13.0 Å². The SMILES string of the molecule is CCCCCCCCCCC/C=C\CC/C=C\CCCCC(O)(C[N+](C)(C)C)P(=O)(O)O. The predicted molar refractivity (Wildman–Crippen MR) is 138 cm³/mol. The van der Waals surface area contributed by atoms with Crippen LogP contribution < -0.4 is 0 Å². The molecule has 5 nitrogen and oxygen atoms in total. The first-order valence-corrected chi connectivity index (χ1v) is 14.5. The maximum absolute atomic E-state index is 11.8. The molecule has 6 heteroatoms. The van der Waals surface area contributed by atoms with Crippen molar-refractivity contribution in [1.29, 1.82) is 0 Å². The number of quaternary nitrogens is 1. The van der Waals surface area contributed by atoms with Gasteiger partial charge in [-0.1, -0.05) is 82.6 Å². The van der Waals surface area contributed by atoms with Gasteiger partial charge in [-0.3, -0.25) is 4.57 Å². The van der Waals surface area contributed by atoms with Gasteiger partial charge in [0.15, 0.2) is 0 Å². The van der Waals surface area contributed by atoms with Crippen LogP contribution in [0.1, 0.15) is 110 Å². The van der Waals surface area contributed by atoms with Gasteiger partial charge in [0.2, 0.25) is 5.34 Å². The summed E-state index contributed by atoms with van der Waals surface area (Å²) >= 11 is 0. The van der Waals surface area contributed by atoms with Gasteiger partial charge >= 0.3 is 7.60 Å². The number of aliphatic hydroxyl groups is 1. The molecule has 0 saturated carbocycles. The Hall–Kier alpha value is -0.450. The molecule has 0 aromatic rings. The maximum atomic E-state index is 11.8. The van der Waals surface area contributed by atoms with Gasteiger partial charge in [-0.05, 0) is 51.4 Å². The first-order chi connectivity index (χ1) is 15.0. The monoisotopic (exact) mass is 474 g/mol. The van der Waals surface area contributed by atoms with Crippen molar-refractivity contribution < 1.29 is 23.9 Å². The molecule has 1 unspecified atom stereocenters. The molecule has 3 N–H and O–H groups in total. The van der Waals surface area contributed by atoms with Gasteiger partial charge in [0, 0.05) is 0 Å². The number of hydrogen-bond donors (Lipinski definition) is 3. The number of hydrogen-bond acceptors (Lipinski definition) is 2. The minimum Gasteiger partial charge on any atom is -0.373 e. The lowest BCUT2D eigenvalue weighted by Gasteiger charge is -2.35. The van der Waals surface area contributed by atoms with Gasteiger partial charge < -0.3 is 19.4 Å². The second-order valence-corrected chi connectivity index (χ2v) is 12.3. The van der Waals surface area contributed by atoms with Crippen molar-refractivity contribution in [1.82, 2.24) is 0 Å². The number of rotatable bonds is 21. The summed E-state index contributed by atoms with van der Waals surface area (Å²) in [5.74, 6) is 0. The molecule has 0 aromatic heterocycles. The molecule has 0 bridgehead atoms. The van der Waals surface area contributed by atoms with Crippen LogP contribution in [0, 0.1) is 0 Å². The number of nitrogens with zero attached hydrogens (tertiary/aromatic N) is 1. The lowest BCUT2D eigenvalue weighted by Crippen LogP contribution is -2.49. The summed E-state index contributed by atoms with van der Waals surface area (Å²) in [6.45, 7) is 2.30. The molecule has 0 aliphatic carbocycles. The molecule has 0 aliphatic rings. The van der Waals surface area contributed by atoms with Crippen molar-refractivity contribution in [2.45, 2.75) is 115 Å². The van der Waals surface area contributed by atoms with Gasteiger partial charge in [-0.2, -0.15) is 0 Å². The molecule has 190 valence electrons. The van der Waals surface area contributed by atoms with E-state index < -0.39 is 12.9 Å².